The van der Waals surface area contributed by atoms with Crippen molar-refractivity contribution in [2.75, 3.05) is 5.32 Å². The van der Waals surface area contributed by atoms with E-state index in [-0.39, 0.29) is 18.1 Å². The highest BCUT2D eigenvalue weighted by molar-refractivity contribution is 6.30. The van der Waals surface area contributed by atoms with Crippen LogP contribution in [-0.2, 0) is 4.79 Å². The maximum Gasteiger partial charge on any atom is 0.307 e. The molecule has 0 fully saturated rings. The van der Waals surface area contributed by atoms with Crippen LogP contribution >= 0.6 is 11.6 Å². The smallest absolute Gasteiger partial charge is 0.307 e. The van der Waals surface area contributed by atoms with Gasteiger partial charge in [0.1, 0.15) is 5.82 Å². The van der Waals surface area contributed by atoms with E-state index in [1.54, 1.807) is 25.1 Å². The van der Waals surface area contributed by atoms with Crippen molar-refractivity contribution in [2.45, 2.75) is 13.3 Å². The first kappa shape index (κ1) is 15.7. The van der Waals surface area contributed by atoms with Gasteiger partial charge >= 0.3 is 5.91 Å². The lowest BCUT2D eigenvalue weighted by Crippen LogP contribution is -2.21. The minimum atomic E-state index is -0.482. The molecule has 2 N–H and O–H groups in total. The molecular formula is C14H13ClN4O3. The number of aromatic nitrogens is 1. The van der Waals surface area contributed by atoms with Crippen LogP contribution in [0.25, 0.3) is 0 Å². The Balaban J connectivity index is 1.84. The van der Waals surface area contributed by atoms with Crippen molar-refractivity contribution < 1.29 is 14.0 Å². The Morgan fingerprint density at radius 3 is 2.82 bits per heavy atom. The molecule has 0 atom stereocenters. The number of rotatable bonds is 5. The van der Waals surface area contributed by atoms with E-state index in [9.17, 15) is 9.59 Å². The zero-order valence-corrected chi connectivity index (χ0v) is 12.4. The van der Waals surface area contributed by atoms with E-state index in [4.69, 9.17) is 16.0 Å². The van der Waals surface area contributed by atoms with E-state index >= 15 is 0 Å². The Hall–Kier alpha value is -2.67. The normalized spacial score (nSPS) is 11.1. The number of carbonyl (C=O) groups is 2. The highest BCUT2D eigenvalue weighted by atomic mass is 35.5. The van der Waals surface area contributed by atoms with E-state index < -0.39 is 5.91 Å². The summed E-state index contributed by atoms with van der Waals surface area (Å²) in [7, 11) is 0. The van der Waals surface area contributed by atoms with Crippen molar-refractivity contribution in [1.82, 2.24) is 10.4 Å². The van der Waals surface area contributed by atoms with Gasteiger partial charge in [0, 0.05) is 11.9 Å². The van der Waals surface area contributed by atoms with Crippen LogP contribution in [0.2, 0.25) is 5.02 Å². The van der Waals surface area contributed by atoms with Gasteiger partial charge in [0.25, 0.3) is 0 Å². The third-order valence-electron chi connectivity index (χ3n) is 2.50. The number of carbonyl (C=O) groups excluding carboxylic acids is 2. The van der Waals surface area contributed by atoms with Crippen LogP contribution < -0.4 is 10.7 Å². The summed E-state index contributed by atoms with van der Waals surface area (Å²) in [5.41, 5.74) is 2.74. The molecule has 2 amide bonds. The molecule has 8 heteroatoms. The molecule has 114 valence electrons. The number of pyridine rings is 1. The molecule has 0 aliphatic rings. The summed E-state index contributed by atoms with van der Waals surface area (Å²) in [5.74, 6) is -0.249. The second-order valence-electron chi connectivity index (χ2n) is 4.35. The van der Waals surface area contributed by atoms with Crippen molar-refractivity contribution in [1.29, 1.82) is 0 Å². The standard InChI is InChI=1S/C14H13ClN4O3/c1-9(18-19-14(21)11-3-2-6-22-11)7-13(20)17-12-5-4-10(15)8-16-12/h2-6,8H,7H2,1H3,(H,19,21)(H,16,17,20)/b18-9+. The predicted octanol–water partition coefficient (Wildman–Crippen LogP) is 2.46. The first-order valence-corrected chi connectivity index (χ1v) is 6.71. The maximum atomic E-state index is 11.8. The monoisotopic (exact) mass is 320 g/mol. The number of nitrogens with zero attached hydrogens (tertiary/aromatic N) is 2. The lowest BCUT2D eigenvalue weighted by Gasteiger charge is -2.04. The Morgan fingerprint density at radius 1 is 1.36 bits per heavy atom. The molecule has 0 spiro atoms. The van der Waals surface area contributed by atoms with Gasteiger partial charge in [-0.15, -0.1) is 0 Å². The fourth-order valence-corrected chi connectivity index (χ4v) is 1.63. The first-order chi connectivity index (χ1) is 10.5. The van der Waals surface area contributed by atoms with Crippen LogP contribution in [0.5, 0.6) is 0 Å². The zero-order chi connectivity index (χ0) is 15.9. The molecule has 0 aromatic carbocycles. The summed E-state index contributed by atoms with van der Waals surface area (Å²) >= 11 is 5.70. The number of hydrogen-bond acceptors (Lipinski definition) is 5. The molecule has 0 aliphatic carbocycles. The van der Waals surface area contributed by atoms with Crippen LogP contribution in [0.3, 0.4) is 0 Å². The molecule has 7 nitrogen and oxygen atoms in total. The number of nitrogens with one attached hydrogen (secondary N) is 2. The summed E-state index contributed by atoms with van der Waals surface area (Å²) in [5, 5.41) is 6.91. The van der Waals surface area contributed by atoms with Crippen LogP contribution in [0.4, 0.5) is 5.82 Å². The molecule has 22 heavy (non-hydrogen) atoms. The van der Waals surface area contributed by atoms with Gasteiger partial charge in [-0.25, -0.2) is 10.4 Å². The molecule has 2 rings (SSSR count). The maximum absolute atomic E-state index is 11.8. The molecule has 0 bridgehead atoms. The quantitative estimate of drug-likeness (QED) is 0.653. The number of hydrazone groups is 1. The highest BCUT2D eigenvalue weighted by Crippen LogP contribution is 2.09. The fourth-order valence-electron chi connectivity index (χ4n) is 1.52. The molecule has 2 heterocycles. The highest BCUT2D eigenvalue weighted by Gasteiger charge is 2.09. The average molecular weight is 321 g/mol. The fraction of sp³-hybridized carbons (Fsp3) is 0.143. The second kappa shape index (κ2) is 7.37. The molecular weight excluding hydrogens is 308 g/mol. The molecule has 2 aromatic heterocycles. The van der Waals surface area contributed by atoms with Crippen LogP contribution in [0.15, 0.2) is 46.2 Å². The number of hydrogen-bond donors (Lipinski definition) is 2. The topological polar surface area (TPSA) is 96.6 Å². The lowest BCUT2D eigenvalue weighted by atomic mass is 10.3. The van der Waals surface area contributed by atoms with Crippen LogP contribution in [-0.4, -0.2) is 22.5 Å². The molecule has 0 saturated heterocycles. The third-order valence-corrected chi connectivity index (χ3v) is 2.73. The van der Waals surface area contributed by atoms with Gasteiger partial charge in [-0.1, -0.05) is 11.6 Å². The molecule has 0 unspecified atom stereocenters. The Morgan fingerprint density at radius 2 is 2.18 bits per heavy atom. The van der Waals surface area contributed by atoms with E-state index in [0.29, 0.717) is 16.6 Å². The van der Waals surface area contributed by atoms with E-state index in [1.807, 2.05) is 0 Å². The number of anilines is 1. The largest absolute Gasteiger partial charge is 0.459 e. The van der Waals surface area contributed by atoms with Gasteiger partial charge in [0.15, 0.2) is 5.76 Å². The molecule has 0 aliphatic heterocycles. The Labute approximate surface area is 131 Å². The predicted molar refractivity (Wildman–Crippen MR) is 81.8 cm³/mol. The minimum Gasteiger partial charge on any atom is -0.459 e. The molecule has 0 radical (unpaired) electrons. The summed E-state index contributed by atoms with van der Waals surface area (Å²) in [4.78, 5) is 27.3. The minimum absolute atomic E-state index is 0.0166. The van der Waals surface area contributed by atoms with Crippen molar-refractivity contribution >= 4 is 34.9 Å². The van der Waals surface area contributed by atoms with Gasteiger partial charge in [-0.3, -0.25) is 9.59 Å². The van der Waals surface area contributed by atoms with Crippen molar-refractivity contribution in [3.8, 4) is 0 Å². The summed E-state index contributed by atoms with van der Waals surface area (Å²) < 4.78 is 4.92. The van der Waals surface area contributed by atoms with Gasteiger partial charge in [-0.05, 0) is 31.2 Å². The Bertz CT molecular complexity index is 681. The van der Waals surface area contributed by atoms with Crippen LogP contribution in [0.1, 0.15) is 23.9 Å². The van der Waals surface area contributed by atoms with E-state index in [2.05, 4.69) is 20.8 Å². The first-order valence-electron chi connectivity index (χ1n) is 6.33. The lowest BCUT2D eigenvalue weighted by molar-refractivity contribution is -0.115. The van der Waals surface area contributed by atoms with Crippen molar-refractivity contribution in [3.63, 3.8) is 0 Å². The summed E-state index contributed by atoms with van der Waals surface area (Å²) in [6.07, 6.45) is 2.84. The third kappa shape index (κ3) is 4.71. The number of halogens is 1. The second-order valence-corrected chi connectivity index (χ2v) is 4.79. The van der Waals surface area contributed by atoms with Crippen molar-refractivity contribution in [3.05, 3.63) is 47.5 Å². The van der Waals surface area contributed by atoms with E-state index in [1.165, 1.54) is 18.5 Å². The van der Waals surface area contributed by atoms with E-state index in [0.717, 1.165) is 0 Å². The van der Waals surface area contributed by atoms with Gasteiger partial charge in [0.2, 0.25) is 5.91 Å². The number of furan rings is 1. The molecule has 2 aromatic rings. The summed E-state index contributed by atoms with van der Waals surface area (Å²) in [6, 6.07) is 6.32. The average Bonchev–Trinajstić information content (AvgIpc) is 3.01. The molecule has 0 saturated carbocycles. The zero-order valence-electron chi connectivity index (χ0n) is 11.7. The van der Waals surface area contributed by atoms with Crippen molar-refractivity contribution in [2.24, 2.45) is 5.10 Å². The number of amides is 2. The SMILES string of the molecule is C/C(CC(=O)Nc1ccc(Cl)cn1)=N\NC(=O)c1ccco1. The van der Waals surface area contributed by atoms with Gasteiger partial charge in [-0.2, -0.15) is 5.10 Å². The Kier molecular flexibility index (Phi) is 5.26. The summed E-state index contributed by atoms with van der Waals surface area (Å²) in [6.45, 7) is 1.62. The van der Waals surface area contributed by atoms with Gasteiger partial charge < -0.3 is 9.73 Å². The van der Waals surface area contributed by atoms with Crippen LogP contribution in [0, 0.1) is 0 Å². The van der Waals surface area contributed by atoms with Gasteiger partial charge in [0.05, 0.1) is 17.7 Å².